The summed E-state index contributed by atoms with van der Waals surface area (Å²) in [5.74, 6) is 0.589. The second-order valence-corrected chi connectivity index (χ2v) is 8.13. The number of nitrogens with one attached hydrogen (secondary N) is 2. The van der Waals surface area contributed by atoms with Gasteiger partial charge < -0.3 is 10.6 Å². The predicted molar refractivity (Wildman–Crippen MR) is 116 cm³/mol. The second-order valence-electron chi connectivity index (χ2n) is 7.69. The zero-order chi connectivity index (χ0) is 20.1. The standard InChI is InChI=1S/C23H24ClN3O/c1-23(2,3)18-8-6-17(7-9-18)22(28)27-20-12-13-21(26-15-20)25-14-16-4-10-19(24)11-5-16/h4-13,15H,14H2,1-3H3,(H,25,26)(H,27,28). The lowest BCUT2D eigenvalue weighted by molar-refractivity contribution is 0.102. The lowest BCUT2D eigenvalue weighted by Gasteiger charge is -2.19. The molecule has 28 heavy (non-hydrogen) atoms. The molecular weight excluding hydrogens is 370 g/mol. The number of carbonyl (C=O) groups excluding carboxylic acids is 1. The fourth-order valence-corrected chi connectivity index (χ4v) is 2.82. The molecule has 1 aromatic heterocycles. The van der Waals surface area contributed by atoms with Crippen molar-refractivity contribution in [2.24, 2.45) is 0 Å². The summed E-state index contributed by atoms with van der Waals surface area (Å²) in [6.07, 6.45) is 1.64. The first-order valence-electron chi connectivity index (χ1n) is 9.17. The van der Waals surface area contributed by atoms with Gasteiger partial charge in [0, 0.05) is 17.1 Å². The van der Waals surface area contributed by atoms with Crippen molar-refractivity contribution in [3.63, 3.8) is 0 Å². The quantitative estimate of drug-likeness (QED) is 0.567. The Labute approximate surface area is 171 Å². The first-order chi connectivity index (χ1) is 13.3. The van der Waals surface area contributed by atoms with E-state index in [0.29, 0.717) is 17.8 Å². The second kappa shape index (κ2) is 8.44. The highest BCUT2D eigenvalue weighted by molar-refractivity contribution is 6.30. The van der Waals surface area contributed by atoms with Gasteiger partial charge in [-0.1, -0.05) is 56.6 Å². The van der Waals surface area contributed by atoms with E-state index in [9.17, 15) is 4.79 Å². The maximum atomic E-state index is 12.4. The van der Waals surface area contributed by atoms with Gasteiger partial charge in [0.2, 0.25) is 0 Å². The average molecular weight is 394 g/mol. The van der Waals surface area contributed by atoms with Crippen molar-refractivity contribution in [1.82, 2.24) is 4.98 Å². The summed E-state index contributed by atoms with van der Waals surface area (Å²) in [4.78, 5) is 16.8. The molecule has 4 nitrogen and oxygen atoms in total. The van der Waals surface area contributed by atoms with Gasteiger partial charge in [-0.05, 0) is 52.9 Å². The van der Waals surface area contributed by atoms with Crippen LogP contribution in [0.25, 0.3) is 0 Å². The fourth-order valence-electron chi connectivity index (χ4n) is 2.69. The van der Waals surface area contributed by atoms with Crippen LogP contribution < -0.4 is 10.6 Å². The summed E-state index contributed by atoms with van der Waals surface area (Å²) in [6.45, 7) is 7.10. The van der Waals surface area contributed by atoms with Crippen molar-refractivity contribution in [1.29, 1.82) is 0 Å². The summed E-state index contributed by atoms with van der Waals surface area (Å²) in [5.41, 5.74) is 3.65. The molecule has 0 radical (unpaired) electrons. The van der Waals surface area contributed by atoms with E-state index in [-0.39, 0.29) is 11.3 Å². The first-order valence-corrected chi connectivity index (χ1v) is 9.55. The van der Waals surface area contributed by atoms with Crippen LogP contribution >= 0.6 is 11.6 Å². The van der Waals surface area contributed by atoms with Gasteiger partial charge in [0.1, 0.15) is 5.82 Å². The molecular formula is C23H24ClN3O. The van der Waals surface area contributed by atoms with Gasteiger partial charge in [-0.2, -0.15) is 0 Å². The molecule has 0 unspecified atom stereocenters. The van der Waals surface area contributed by atoms with Crippen molar-refractivity contribution in [3.8, 4) is 0 Å². The molecule has 5 heteroatoms. The number of carbonyl (C=O) groups is 1. The number of hydrogen-bond donors (Lipinski definition) is 2. The summed E-state index contributed by atoms with van der Waals surface area (Å²) >= 11 is 5.89. The zero-order valence-electron chi connectivity index (χ0n) is 16.3. The van der Waals surface area contributed by atoms with Gasteiger partial charge >= 0.3 is 0 Å². The smallest absolute Gasteiger partial charge is 0.255 e. The van der Waals surface area contributed by atoms with Crippen LogP contribution in [0.4, 0.5) is 11.5 Å². The van der Waals surface area contributed by atoms with E-state index in [4.69, 9.17) is 11.6 Å². The normalized spacial score (nSPS) is 11.1. The molecule has 0 bridgehead atoms. The number of hydrogen-bond acceptors (Lipinski definition) is 3. The molecule has 1 heterocycles. The summed E-state index contributed by atoms with van der Waals surface area (Å²) in [6, 6.07) is 19.0. The van der Waals surface area contributed by atoms with Gasteiger partial charge in [0.15, 0.2) is 0 Å². The minimum absolute atomic E-state index is 0.0633. The van der Waals surface area contributed by atoms with Crippen molar-refractivity contribution in [2.75, 3.05) is 10.6 Å². The Kier molecular flexibility index (Phi) is 6.00. The third-order valence-electron chi connectivity index (χ3n) is 4.42. The summed E-state index contributed by atoms with van der Waals surface area (Å²) < 4.78 is 0. The fraction of sp³-hybridized carbons (Fsp3) is 0.217. The maximum Gasteiger partial charge on any atom is 0.255 e. The molecule has 2 aromatic carbocycles. The maximum absolute atomic E-state index is 12.4. The molecule has 0 spiro atoms. The van der Waals surface area contributed by atoms with Crippen LogP contribution in [0, 0.1) is 0 Å². The van der Waals surface area contributed by atoms with E-state index in [1.54, 1.807) is 6.20 Å². The van der Waals surface area contributed by atoms with E-state index in [1.807, 2.05) is 60.7 Å². The molecule has 0 aliphatic heterocycles. The predicted octanol–water partition coefficient (Wildman–Crippen LogP) is 5.90. The number of halogens is 1. The van der Waals surface area contributed by atoms with Crippen LogP contribution in [0.3, 0.4) is 0 Å². The zero-order valence-corrected chi connectivity index (χ0v) is 17.0. The van der Waals surface area contributed by atoms with Crippen LogP contribution in [0.15, 0.2) is 66.9 Å². The number of pyridine rings is 1. The van der Waals surface area contributed by atoms with Crippen LogP contribution in [0.5, 0.6) is 0 Å². The summed E-state index contributed by atoms with van der Waals surface area (Å²) in [7, 11) is 0. The van der Waals surface area contributed by atoms with Gasteiger partial charge in [0.25, 0.3) is 5.91 Å². The summed E-state index contributed by atoms with van der Waals surface area (Å²) in [5, 5.41) is 6.84. The van der Waals surface area contributed by atoms with Crippen molar-refractivity contribution in [2.45, 2.75) is 32.7 Å². The van der Waals surface area contributed by atoms with Crippen LogP contribution in [-0.2, 0) is 12.0 Å². The van der Waals surface area contributed by atoms with Crippen LogP contribution in [-0.4, -0.2) is 10.9 Å². The minimum Gasteiger partial charge on any atom is -0.366 e. The number of nitrogens with zero attached hydrogens (tertiary/aromatic N) is 1. The molecule has 3 aromatic rings. The lowest BCUT2D eigenvalue weighted by atomic mass is 9.87. The third kappa shape index (κ3) is 5.33. The van der Waals surface area contributed by atoms with E-state index >= 15 is 0 Å². The van der Waals surface area contributed by atoms with Gasteiger partial charge in [-0.3, -0.25) is 4.79 Å². The highest BCUT2D eigenvalue weighted by Gasteiger charge is 2.14. The Morgan fingerprint density at radius 1 is 0.964 bits per heavy atom. The molecule has 1 amide bonds. The van der Waals surface area contributed by atoms with Crippen LogP contribution in [0.2, 0.25) is 5.02 Å². The average Bonchev–Trinajstić information content (AvgIpc) is 2.68. The molecule has 3 rings (SSSR count). The Morgan fingerprint density at radius 3 is 2.21 bits per heavy atom. The number of benzene rings is 2. The largest absolute Gasteiger partial charge is 0.366 e. The first kappa shape index (κ1) is 19.9. The molecule has 0 saturated heterocycles. The van der Waals surface area contributed by atoms with Gasteiger partial charge in [0.05, 0.1) is 11.9 Å². The third-order valence-corrected chi connectivity index (χ3v) is 4.67. The van der Waals surface area contributed by atoms with Crippen molar-refractivity contribution < 1.29 is 4.79 Å². The van der Waals surface area contributed by atoms with Crippen molar-refractivity contribution in [3.05, 3.63) is 88.6 Å². The minimum atomic E-state index is -0.149. The number of amides is 1. The van der Waals surface area contributed by atoms with E-state index in [1.165, 1.54) is 5.56 Å². The highest BCUT2D eigenvalue weighted by atomic mass is 35.5. The molecule has 0 aliphatic rings. The topological polar surface area (TPSA) is 54.0 Å². The molecule has 0 fully saturated rings. The molecule has 0 atom stereocenters. The highest BCUT2D eigenvalue weighted by Crippen LogP contribution is 2.22. The number of rotatable bonds is 5. The monoisotopic (exact) mass is 393 g/mol. The Bertz CT molecular complexity index is 928. The Balaban J connectivity index is 1.57. The van der Waals surface area contributed by atoms with E-state index < -0.39 is 0 Å². The van der Waals surface area contributed by atoms with Gasteiger partial charge in [-0.25, -0.2) is 4.98 Å². The van der Waals surface area contributed by atoms with E-state index in [0.717, 1.165) is 16.4 Å². The van der Waals surface area contributed by atoms with E-state index in [2.05, 4.69) is 36.4 Å². The lowest BCUT2D eigenvalue weighted by Crippen LogP contribution is -2.14. The van der Waals surface area contributed by atoms with Crippen LogP contribution in [0.1, 0.15) is 42.3 Å². The SMILES string of the molecule is CC(C)(C)c1ccc(C(=O)Nc2ccc(NCc3ccc(Cl)cc3)nc2)cc1. The number of anilines is 2. The molecule has 2 N–H and O–H groups in total. The Hall–Kier alpha value is -2.85. The molecule has 144 valence electrons. The molecule has 0 aliphatic carbocycles. The molecule has 0 saturated carbocycles. The number of aromatic nitrogens is 1. The van der Waals surface area contributed by atoms with Crippen molar-refractivity contribution >= 4 is 29.0 Å². The van der Waals surface area contributed by atoms with Gasteiger partial charge in [-0.15, -0.1) is 0 Å². The Morgan fingerprint density at radius 2 is 1.64 bits per heavy atom.